The summed E-state index contributed by atoms with van der Waals surface area (Å²) < 4.78 is 13.9. The van der Waals surface area contributed by atoms with Gasteiger partial charge in [-0.25, -0.2) is 4.39 Å². The molecule has 6 heteroatoms. The van der Waals surface area contributed by atoms with Crippen LogP contribution in [0, 0.1) is 16.6 Å². The normalized spacial score (nSPS) is 14.9. The maximum atomic E-state index is 13.6. The second-order valence-electron chi connectivity index (χ2n) is 3.44. The maximum Gasteiger partial charge on any atom is 0.158 e. The number of amidine groups is 1. The second-order valence-corrected chi connectivity index (χ2v) is 4.67. The van der Waals surface area contributed by atoms with Gasteiger partial charge < -0.3 is 0 Å². The molecule has 1 aromatic carbocycles. The smallest absolute Gasteiger partial charge is 0.158 e. The highest BCUT2D eigenvalue weighted by molar-refractivity contribution is 9.10. The molecule has 84 valence electrons. The minimum absolute atomic E-state index is 0.0441. The van der Waals surface area contributed by atoms with Crippen molar-refractivity contribution in [3.63, 3.8) is 0 Å². The number of nitrogens with zero attached hydrogens (tertiary/aromatic N) is 1. The van der Waals surface area contributed by atoms with Gasteiger partial charge in [0, 0.05) is 6.42 Å². The van der Waals surface area contributed by atoms with Crippen LogP contribution in [0.15, 0.2) is 10.5 Å². The molecule has 16 heavy (non-hydrogen) atoms. The minimum Gasteiger partial charge on any atom is -0.291 e. The third-order valence-corrected chi connectivity index (χ3v) is 3.43. The molecule has 0 unspecified atom stereocenters. The molecule has 0 amide bonds. The zero-order chi connectivity index (χ0) is 11.9. The summed E-state index contributed by atoms with van der Waals surface area (Å²) in [4.78, 5) is 1.30. The van der Waals surface area contributed by atoms with Gasteiger partial charge in [-0.15, -0.1) is 0 Å². The summed E-state index contributed by atoms with van der Waals surface area (Å²) in [5, 5.41) is 14.9. The predicted molar refractivity (Wildman–Crippen MR) is 66.4 cm³/mol. The third-order valence-electron chi connectivity index (χ3n) is 2.51. The molecular weight excluding hydrogens is 296 g/mol. The molecule has 0 aromatic heterocycles. The quantitative estimate of drug-likeness (QED) is 0.465. The Kier molecular flexibility index (Phi) is 2.99. The van der Waals surface area contributed by atoms with E-state index in [1.165, 1.54) is 4.90 Å². The molecule has 0 atom stereocenters. The first kappa shape index (κ1) is 11.5. The van der Waals surface area contributed by atoms with Gasteiger partial charge in [-0.3, -0.25) is 15.7 Å². The first-order valence-electron chi connectivity index (χ1n) is 4.60. The molecule has 0 saturated heterocycles. The van der Waals surface area contributed by atoms with E-state index in [4.69, 9.17) is 22.4 Å². The van der Waals surface area contributed by atoms with E-state index in [1.807, 2.05) is 0 Å². The average molecular weight is 305 g/mol. The van der Waals surface area contributed by atoms with E-state index in [0.29, 0.717) is 23.0 Å². The van der Waals surface area contributed by atoms with Gasteiger partial charge in [0.1, 0.15) is 10.9 Å². The van der Waals surface area contributed by atoms with Crippen LogP contribution in [0.5, 0.6) is 0 Å². The molecule has 0 bridgehead atoms. The monoisotopic (exact) mass is 303 g/mol. The van der Waals surface area contributed by atoms with Gasteiger partial charge in [0.25, 0.3) is 0 Å². The number of benzene rings is 1. The number of rotatable bonds is 1. The highest BCUT2D eigenvalue weighted by Crippen LogP contribution is 2.39. The first-order valence-corrected chi connectivity index (χ1v) is 5.77. The van der Waals surface area contributed by atoms with Gasteiger partial charge in [-0.1, -0.05) is 11.6 Å². The van der Waals surface area contributed by atoms with E-state index in [-0.39, 0.29) is 10.9 Å². The van der Waals surface area contributed by atoms with Crippen LogP contribution in [0.4, 0.5) is 10.1 Å². The molecule has 2 rings (SSSR count). The van der Waals surface area contributed by atoms with Crippen LogP contribution in [-0.4, -0.2) is 12.2 Å². The third kappa shape index (κ3) is 1.64. The van der Waals surface area contributed by atoms with Crippen molar-refractivity contribution in [2.45, 2.75) is 12.8 Å². The van der Waals surface area contributed by atoms with Crippen LogP contribution in [0.3, 0.4) is 0 Å². The molecule has 1 aliphatic heterocycles. The van der Waals surface area contributed by atoms with E-state index >= 15 is 0 Å². The number of hydrogen-bond donors (Lipinski definition) is 2. The summed E-state index contributed by atoms with van der Waals surface area (Å²) in [6, 6.07) is 1.65. The van der Waals surface area contributed by atoms with Crippen molar-refractivity contribution in [2.24, 2.45) is 0 Å². The molecule has 1 aliphatic rings. The van der Waals surface area contributed by atoms with Gasteiger partial charge in [-0.05, 0) is 34.0 Å². The Bertz CT molecular complexity index is 489. The summed E-state index contributed by atoms with van der Waals surface area (Å²) in [6.07, 6.45) is 2.15. The van der Waals surface area contributed by atoms with Crippen molar-refractivity contribution in [3.8, 4) is 0 Å². The van der Waals surface area contributed by atoms with Crippen molar-refractivity contribution in [3.05, 3.63) is 26.9 Å². The van der Waals surface area contributed by atoms with Crippen molar-refractivity contribution in [2.75, 3.05) is 4.90 Å². The number of nitrogens with one attached hydrogen (secondary N) is 2. The lowest BCUT2D eigenvalue weighted by atomic mass is 10.0. The van der Waals surface area contributed by atoms with Crippen LogP contribution in [0.25, 0.3) is 0 Å². The highest BCUT2D eigenvalue weighted by atomic mass is 79.9. The predicted octanol–water partition coefficient (Wildman–Crippen LogP) is 3.58. The Balaban J connectivity index is 2.69. The number of fused-ring (bicyclic) bond motifs is 1. The number of hydrogen-bond acceptors (Lipinski definition) is 2. The summed E-state index contributed by atoms with van der Waals surface area (Å²) in [5.41, 5.74) is 1.26. The lowest BCUT2D eigenvalue weighted by molar-refractivity contribution is 0.620. The zero-order valence-electron chi connectivity index (χ0n) is 8.15. The maximum absolute atomic E-state index is 13.6. The van der Waals surface area contributed by atoms with Gasteiger partial charge >= 0.3 is 0 Å². The number of aryl methyl sites for hydroxylation is 1. The molecule has 0 saturated carbocycles. The molecule has 1 heterocycles. The molecule has 3 nitrogen and oxygen atoms in total. The van der Waals surface area contributed by atoms with E-state index in [1.54, 1.807) is 6.07 Å². The van der Waals surface area contributed by atoms with Gasteiger partial charge in [0.15, 0.2) is 5.82 Å². The first-order chi connectivity index (χ1) is 7.56. The van der Waals surface area contributed by atoms with E-state index in [0.717, 1.165) is 11.9 Å². The average Bonchev–Trinajstić information content (AvgIpc) is 2.27. The van der Waals surface area contributed by atoms with Crippen LogP contribution in [-0.2, 0) is 6.42 Å². The van der Waals surface area contributed by atoms with E-state index in [9.17, 15) is 4.39 Å². The summed E-state index contributed by atoms with van der Waals surface area (Å²) >= 11 is 9.00. The number of halogens is 3. The lowest BCUT2D eigenvalue weighted by Gasteiger charge is -2.29. The van der Waals surface area contributed by atoms with Crippen LogP contribution < -0.4 is 4.90 Å². The van der Waals surface area contributed by atoms with Crippen molar-refractivity contribution in [1.82, 2.24) is 0 Å². The fraction of sp³-hybridized carbons (Fsp3) is 0.200. The lowest BCUT2D eigenvalue weighted by Crippen LogP contribution is -2.33. The molecule has 0 radical (unpaired) electrons. The fourth-order valence-corrected chi connectivity index (χ4v) is 2.64. The summed E-state index contributed by atoms with van der Waals surface area (Å²) in [6.45, 7) is 0. The highest BCUT2D eigenvalue weighted by Gasteiger charge is 2.26. The largest absolute Gasteiger partial charge is 0.291 e. The Morgan fingerprint density at radius 2 is 2.19 bits per heavy atom. The summed E-state index contributed by atoms with van der Waals surface area (Å²) in [7, 11) is 0. The zero-order valence-corrected chi connectivity index (χ0v) is 10.5. The van der Waals surface area contributed by atoms with Crippen molar-refractivity contribution >= 4 is 45.4 Å². The van der Waals surface area contributed by atoms with Gasteiger partial charge in [-0.2, -0.15) is 0 Å². The van der Waals surface area contributed by atoms with Crippen LogP contribution in [0.2, 0.25) is 5.02 Å². The van der Waals surface area contributed by atoms with Crippen LogP contribution >= 0.6 is 27.5 Å². The standard InChI is InChI=1S/C10H8BrClFN3/c11-6-3-5-1-2-7(15)16(4-14)10(5)8(12)9(6)13/h3-4,14-15H,1-2H2. The van der Waals surface area contributed by atoms with Gasteiger partial charge in [0.2, 0.25) is 0 Å². The van der Waals surface area contributed by atoms with Gasteiger partial charge in [0.05, 0.1) is 16.5 Å². The van der Waals surface area contributed by atoms with E-state index in [2.05, 4.69) is 15.9 Å². The Hall–Kier alpha value is -0.940. The topological polar surface area (TPSA) is 50.9 Å². The Morgan fingerprint density at radius 1 is 1.50 bits per heavy atom. The minimum atomic E-state index is -0.554. The molecule has 0 aliphatic carbocycles. The second kappa shape index (κ2) is 4.14. The summed E-state index contributed by atoms with van der Waals surface area (Å²) in [5.74, 6) is -0.298. The molecule has 0 spiro atoms. The SMILES string of the molecule is N=CN1C(=N)CCc2cc(Br)c(F)c(Cl)c21. The Labute approximate surface area is 105 Å². The molecule has 2 N–H and O–H groups in total. The molecule has 0 fully saturated rings. The Morgan fingerprint density at radius 3 is 2.81 bits per heavy atom. The van der Waals surface area contributed by atoms with E-state index < -0.39 is 5.82 Å². The molecule has 1 aromatic rings. The van der Waals surface area contributed by atoms with Crippen molar-refractivity contribution in [1.29, 1.82) is 10.8 Å². The van der Waals surface area contributed by atoms with Crippen molar-refractivity contribution < 1.29 is 4.39 Å². The fourth-order valence-electron chi connectivity index (χ4n) is 1.74. The van der Waals surface area contributed by atoms with Crippen LogP contribution in [0.1, 0.15) is 12.0 Å². The number of anilines is 1. The molecular formula is C10H8BrClFN3.